The summed E-state index contributed by atoms with van der Waals surface area (Å²) in [6.07, 6.45) is 3.84. The lowest BCUT2D eigenvalue weighted by Gasteiger charge is -2.28. The summed E-state index contributed by atoms with van der Waals surface area (Å²) in [5.41, 5.74) is 10.8. The predicted molar refractivity (Wildman–Crippen MR) is 70.3 cm³/mol. The van der Waals surface area contributed by atoms with Gasteiger partial charge < -0.3 is 11.5 Å². The van der Waals surface area contributed by atoms with Gasteiger partial charge in [-0.05, 0) is 30.9 Å². The van der Waals surface area contributed by atoms with Crippen LogP contribution in [0.15, 0.2) is 0 Å². The Morgan fingerprint density at radius 3 is 2.62 bits per heavy atom. The molecule has 0 radical (unpaired) electrons. The number of amides is 1. The SMILES string of the molecule is CC(C)(C)SCCC1CCCC1(N)C(N)=O. The van der Waals surface area contributed by atoms with Crippen LogP contribution in [0.3, 0.4) is 0 Å². The average molecular weight is 244 g/mol. The first-order valence-corrected chi connectivity index (χ1v) is 6.97. The van der Waals surface area contributed by atoms with Gasteiger partial charge in [-0.1, -0.05) is 27.2 Å². The van der Waals surface area contributed by atoms with Crippen molar-refractivity contribution in [2.45, 2.75) is 56.7 Å². The number of rotatable bonds is 4. The quantitative estimate of drug-likeness (QED) is 0.793. The maximum absolute atomic E-state index is 11.4. The largest absolute Gasteiger partial charge is 0.368 e. The highest BCUT2D eigenvalue weighted by atomic mass is 32.2. The first kappa shape index (κ1) is 13.8. The number of primary amides is 1. The summed E-state index contributed by atoms with van der Waals surface area (Å²) in [5.74, 6) is 1.01. The summed E-state index contributed by atoms with van der Waals surface area (Å²) >= 11 is 1.93. The summed E-state index contributed by atoms with van der Waals surface area (Å²) < 4.78 is 0.280. The van der Waals surface area contributed by atoms with Crippen LogP contribution in [0.5, 0.6) is 0 Å². The minimum absolute atomic E-state index is 0.278. The van der Waals surface area contributed by atoms with Crippen molar-refractivity contribution in [3.8, 4) is 0 Å². The molecule has 4 N–H and O–H groups in total. The first-order valence-electron chi connectivity index (χ1n) is 5.98. The second-order valence-corrected chi connectivity index (χ2v) is 7.66. The summed E-state index contributed by atoms with van der Waals surface area (Å²) in [6, 6.07) is 0. The second-order valence-electron chi connectivity index (χ2n) is 5.74. The number of carbonyl (C=O) groups is 1. The van der Waals surface area contributed by atoms with Crippen molar-refractivity contribution in [1.29, 1.82) is 0 Å². The Bertz CT molecular complexity index is 262. The van der Waals surface area contributed by atoms with Crippen LogP contribution in [0.4, 0.5) is 0 Å². The molecule has 4 heteroatoms. The highest BCUT2D eigenvalue weighted by Gasteiger charge is 2.43. The molecule has 1 amide bonds. The Hall–Kier alpha value is -0.220. The van der Waals surface area contributed by atoms with Crippen LogP contribution in [-0.2, 0) is 4.79 Å². The third-order valence-electron chi connectivity index (χ3n) is 3.33. The molecule has 0 spiro atoms. The lowest BCUT2D eigenvalue weighted by Crippen LogP contribution is -2.54. The third kappa shape index (κ3) is 3.39. The number of hydrogen-bond acceptors (Lipinski definition) is 3. The van der Waals surface area contributed by atoms with E-state index in [1.54, 1.807) is 0 Å². The fourth-order valence-corrected chi connectivity index (χ4v) is 3.35. The van der Waals surface area contributed by atoms with Gasteiger partial charge in [-0.3, -0.25) is 4.79 Å². The van der Waals surface area contributed by atoms with E-state index in [1.807, 2.05) is 11.8 Å². The molecule has 2 atom stereocenters. The molecular formula is C12H24N2OS. The van der Waals surface area contributed by atoms with E-state index in [0.29, 0.717) is 0 Å². The van der Waals surface area contributed by atoms with Crippen molar-refractivity contribution in [3.05, 3.63) is 0 Å². The van der Waals surface area contributed by atoms with E-state index in [9.17, 15) is 4.79 Å². The Labute approximate surface area is 103 Å². The molecule has 1 aliphatic rings. The molecule has 0 saturated heterocycles. The van der Waals surface area contributed by atoms with Crippen LogP contribution in [0.1, 0.15) is 46.5 Å². The number of carbonyl (C=O) groups excluding carboxylic acids is 1. The monoisotopic (exact) mass is 244 g/mol. The lowest BCUT2D eigenvalue weighted by molar-refractivity contribution is -0.124. The van der Waals surface area contributed by atoms with Crippen LogP contribution in [0.2, 0.25) is 0 Å². The Balaban J connectivity index is 2.45. The van der Waals surface area contributed by atoms with Crippen molar-refractivity contribution < 1.29 is 4.79 Å². The van der Waals surface area contributed by atoms with Crippen molar-refractivity contribution in [2.24, 2.45) is 17.4 Å². The van der Waals surface area contributed by atoms with E-state index in [0.717, 1.165) is 31.4 Å². The van der Waals surface area contributed by atoms with Crippen LogP contribution >= 0.6 is 11.8 Å². The summed E-state index contributed by atoms with van der Waals surface area (Å²) in [4.78, 5) is 11.4. The Kier molecular flexibility index (Phi) is 4.29. The zero-order chi connectivity index (χ0) is 12.4. The first-order chi connectivity index (χ1) is 7.26. The van der Waals surface area contributed by atoms with Crippen molar-refractivity contribution in [1.82, 2.24) is 0 Å². The topological polar surface area (TPSA) is 69.1 Å². The molecule has 1 aliphatic carbocycles. The summed E-state index contributed by atoms with van der Waals surface area (Å²) in [6.45, 7) is 6.61. The van der Waals surface area contributed by atoms with Gasteiger partial charge in [-0.2, -0.15) is 11.8 Å². The highest BCUT2D eigenvalue weighted by molar-refractivity contribution is 8.00. The molecule has 3 nitrogen and oxygen atoms in total. The van der Waals surface area contributed by atoms with Crippen molar-refractivity contribution in [3.63, 3.8) is 0 Å². The molecule has 1 saturated carbocycles. The molecule has 0 aromatic heterocycles. The molecule has 1 fully saturated rings. The molecule has 0 heterocycles. The molecule has 0 aliphatic heterocycles. The fraction of sp³-hybridized carbons (Fsp3) is 0.917. The highest BCUT2D eigenvalue weighted by Crippen LogP contribution is 2.37. The molecule has 16 heavy (non-hydrogen) atoms. The predicted octanol–water partition coefficient (Wildman–Crippen LogP) is 1.89. The minimum Gasteiger partial charge on any atom is -0.368 e. The standard InChI is InChI=1S/C12H24N2OS/c1-11(2,3)16-8-6-9-5-4-7-12(9,14)10(13)15/h9H,4-8,14H2,1-3H3,(H2,13,15). The van der Waals surface area contributed by atoms with Crippen molar-refractivity contribution >= 4 is 17.7 Å². The zero-order valence-electron chi connectivity index (χ0n) is 10.6. The molecule has 94 valence electrons. The molecular weight excluding hydrogens is 220 g/mol. The average Bonchev–Trinajstić information content (AvgIpc) is 2.47. The van der Waals surface area contributed by atoms with Gasteiger partial charge in [0.2, 0.25) is 5.91 Å². The number of thioether (sulfide) groups is 1. The molecule has 0 aromatic rings. The Morgan fingerprint density at radius 2 is 2.12 bits per heavy atom. The minimum atomic E-state index is -0.738. The van der Waals surface area contributed by atoms with E-state index in [2.05, 4.69) is 20.8 Å². The van der Waals surface area contributed by atoms with E-state index >= 15 is 0 Å². The zero-order valence-corrected chi connectivity index (χ0v) is 11.4. The maximum Gasteiger partial charge on any atom is 0.237 e. The Morgan fingerprint density at radius 1 is 1.50 bits per heavy atom. The van der Waals surface area contributed by atoms with Gasteiger partial charge in [0.15, 0.2) is 0 Å². The molecule has 2 unspecified atom stereocenters. The second kappa shape index (κ2) is 4.96. The van der Waals surface area contributed by atoms with Crippen LogP contribution in [0, 0.1) is 5.92 Å². The molecule has 0 aromatic carbocycles. The van der Waals surface area contributed by atoms with Gasteiger partial charge in [0.1, 0.15) is 0 Å². The smallest absolute Gasteiger partial charge is 0.237 e. The summed E-state index contributed by atoms with van der Waals surface area (Å²) in [7, 11) is 0. The van der Waals surface area contributed by atoms with Crippen LogP contribution < -0.4 is 11.5 Å². The third-order valence-corrected chi connectivity index (χ3v) is 4.64. The normalized spacial score (nSPS) is 30.6. The van der Waals surface area contributed by atoms with Gasteiger partial charge in [-0.15, -0.1) is 0 Å². The summed E-state index contributed by atoms with van der Waals surface area (Å²) in [5, 5.41) is 0. The van der Waals surface area contributed by atoms with Crippen molar-refractivity contribution in [2.75, 3.05) is 5.75 Å². The number of hydrogen-bond donors (Lipinski definition) is 2. The van der Waals surface area contributed by atoms with Gasteiger partial charge in [0.05, 0.1) is 5.54 Å². The van der Waals surface area contributed by atoms with E-state index in [-0.39, 0.29) is 16.6 Å². The molecule has 1 rings (SSSR count). The van der Waals surface area contributed by atoms with Crippen LogP contribution in [0.25, 0.3) is 0 Å². The van der Waals surface area contributed by atoms with Gasteiger partial charge in [-0.25, -0.2) is 0 Å². The van der Waals surface area contributed by atoms with E-state index in [1.165, 1.54) is 0 Å². The van der Waals surface area contributed by atoms with Gasteiger partial charge >= 0.3 is 0 Å². The maximum atomic E-state index is 11.4. The lowest BCUT2D eigenvalue weighted by atomic mass is 9.85. The van der Waals surface area contributed by atoms with E-state index < -0.39 is 5.54 Å². The molecule has 0 bridgehead atoms. The van der Waals surface area contributed by atoms with E-state index in [4.69, 9.17) is 11.5 Å². The fourth-order valence-electron chi connectivity index (χ4n) is 2.34. The van der Waals surface area contributed by atoms with Gasteiger partial charge in [0, 0.05) is 4.75 Å². The van der Waals surface area contributed by atoms with Gasteiger partial charge in [0.25, 0.3) is 0 Å². The number of nitrogens with two attached hydrogens (primary N) is 2. The van der Waals surface area contributed by atoms with Crippen LogP contribution in [-0.4, -0.2) is 21.9 Å².